The molecule has 0 aliphatic carbocycles. The van der Waals surface area contributed by atoms with Crippen molar-refractivity contribution in [1.82, 2.24) is 0 Å². The molecule has 0 bridgehead atoms. The van der Waals surface area contributed by atoms with Gasteiger partial charge < -0.3 is 23.8 Å². The highest BCUT2D eigenvalue weighted by Crippen LogP contribution is 2.09. The number of carboxylic acids is 1. The SMILES string of the molecule is CC/C=C/C=C/C=C/C=C/C=C/CCCC(=O)OCC(COCCC(C(=O)O)[N+](C)(C)C)OC(=O)C/C=C/C/C=C/C/C=C/CC. The van der Waals surface area contributed by atoms with Gasteiger partial charge in [-0.15, -0.1) is 0 Å². The van der Waals surface area contributed by atoms with Crippen molar-refractivity contribution in [1.29, 1.82) is 0 Å². The van der Waals surface area contributed by atoms with E-state index in [1.807, 2.05) is 88.0 Å². The average molecular weight is 641 g/mol. The van der Waals surface area contributed by atoms with Crippen LogP contribution in [0, 0.1) is 0 Å². The Labute approximate surface area is 277 Å². The van der Waals surface area contributed by atoms with Crippen molar-refractivity contribution in [2.45, 2.75) is 83.8 Å². The molecule has 0 aromatic carbocycles. The first-order valence-corrected chi connectivity index (χ1v) is 16.3. The Kier molecular flexibility index (Phi) is 26.4. The second-order valence-electron chi connectivity index (χ2n) is 11.4. The minimum absolute atomic E-state index is 0.00498. The van der Waals surface area contributed by atoms with E-state index in [9.17, 15) is 19.5 Å². The highest BCUT2D eigenvalue weighted by atomic mass is 16.6. The lowest BCUT2D eigenvalue weighted by Gasteiger charge is -2.31. The predicted molar refractivity (Wildman–Crippen MR) is 187 cm³/mol. The summed E-state index contributed by atoms with van der Waals surface area (Å²) in [5.41, 5.74) is 0. The number of esters is 2. The van der Waals surface area contributed by atoms with Crippen LogP contribution in [-0.2, 0) is 28.6 Å². The minimum atomic E-state index is -0.904. The molecule has 0 aromatic rings. The highest BCUT2D eigenvalue weighted by Gasteiger charge is 2.31. The number of quaternary nitrogens is 1. The second-order valence-corrected chi connectivity index (χ2v) is 11.4. The molecule has 0 saturated heterocycles. The summed E-state index contributed by atoms with van der Waals surface area (Å²) in [6, 6.07) is -0.642. The number of aliphatic carboxylic acids is 1. The van der Waals surface area contributed by atoms with Crippen LogP contribution >= 0.6 is 0 Å². The highest BCUT2D eigenvalue weighted by molar-refractivity contribution is 5.72. The van der Waals surface area contributed by atoms with Crippen LogP contribution in [0.25, 0.3) is 0 Å². The maximum Gasteiger partial charge on any atom is 0.362 e. The van der Waals surface area contributed by atoms with Gasteiger partial charge in [0.2, 0.25) is 0 Å². The number of ether oxygens (including phenoxy) is 3. The van der Waals surface area contributed by atoms with Crippen molar-refractivity contribution in [2.24, 2.45) is 0 Å². The van der Waals surface area contributed by atoms with Crippen molar-refractivity contribution in [3.05, 3.63) is 97.2 Å². The van der Waals surface area contributed by atoms with E-state index in [0.29, 0.717) is 12.8 Å². The molecule has 2 unspecified atom stereocenters. The van der Waals surface area contributed by atoms with Gasteiger partial charge in [0.15, 0.2) is 12.1 Å². The van der Waals surface area contributed by atoms with Gasteiger partial charge in [0.25, 0.3) is 0 Å². The molecular weight excluding hydrogens is 582 g/mol. The number of carbonyl (C=O) groups is 3. The number of carbonyl (C=O) groups excluding carboxylic acids is 2. The summed E-state index contributed by atoms with van der Waals surface area (Å²) in [4.78, 5) is 36.5. The topological polar surface area (TPSA) is 99.1 Å². The van der Waals surface area contributed by atoms with E-state index in [1.165, 1.54) is 0 Å². The fourth-order valence-corrected chi connectivity index (χ4v) is 3.89. The monoisotopic (exact) mass is 640 g/mol. The molecule has 1 N–H and O–H groups in total. The molecule has 0 rings (SSSR count). The fraction of sp³-hybridized carbons (Fsp3) is 0.500. The molecule has 0 amide bonds. The van der Waals surface area contributed by atoms with Gasteiger partial charge in [-0.25, -0.2) is 4.79 Å². The normalized spacial score (nSPS) is 14.4. The number of hydrogen-bond donors (Lipinski definition) is 1. The Morgan fingerprint density at radius 3 is 1.85 bits per heavy atom. The van der Waals surface area contributed by atoms with Gasteiger partial charge in [-0.2, -0.15) is 0 Å². The van der Waals surface area contributed by atoms with E-state index in [0.717, 1.165) is 25.7 Å². The third kappa shape index (κ3) is 26.6. The van der Waals surface area contributed by atoms with E-state index in [-0.39, 0.29) is 49.5 Å². The molecule has 0 spiro atoms. The Morgan fingerprint density at radius 2 is 1.26 bits per heavy atom. The lowest BCUT2D eigenvalue weighted by Crippen LogP contribution is -2.50. The molecule has 46 heavy (non-hydrogen) atoms. The molecule has 2 atom stereocenters. The van der Waals surface area contributed by atoms with E-state index in [4.69, 9.17) is 14.2 Å². The van der Waals surface area contributed by atoms with E-state index in [1.54, 1.807) is 6.08 Å². The quantitative estimate of drug-likeness (QED) is 0.0341. The molecule has 0 aliphatic heterocycles. The number of carboxylic acid groups (broad SMARTS) is 1. The van der Waals surface area contributed by atoms with Crippen molar-refractivity contribution >= 4 is 17.9 Å². The Hall–Kier alpha value is -3.75. The van der Waals surface area contributed by atoms with Gasteiger partial charge in [0.1, 0.15) is 6.61 Å². The standard InChI is InChI=1S/C38H57NO7/c1-6-8-10-12-14-16-17-18-19-21-22-24-26-28-36(40)45-33-34(32-44-31-30-35(38(42)43)39(3,4)5)46-37(41)29-27-25-23-20-15-13-11-9-7-2/h8-12,14-22,25,27,34-35H,6-7,13,23-24,26,28-33H2,1-5H3/p+1/b10-8+,11-9+,14-12+,17-16+,19-18+,20-15+,22-21+,27-25+. The molecule has 8 heteroatoms. The van der Waals surface area contributed by atoms with Crippen molar-refractivity contribution in [2.75, 3.05) is 41.0 Å². The summed E-state index contributed by atoms with van der Waals surface area (Å²) in [5.74, 6) is -1.74. The van der Waals surface area contributed by atoms with E-state index < -0.39 is 24.1 Å². The second kappa shape index (κ2) is 28.7. The van der Waals surface area contributed by atoms with Crippen LogP contribution in [0.2, 0.25) is 0 Å². The van der Waals surface area contributed by atoms with Crippen LogP contribution in [0.15, 0.2) is 97.2 Å². The molecule has 0 aromatic heterocycles. The van der Waals surface area contributed by atoms with Crippen molar-refractivity contribution in [3.63, 3.8) is 0 Å². The average Bonchev–Trinajstić information content (AvgIpc) is 3.00. The van der Waals surface area contributed by atoms with Crippen LogP contribution in [0.3, 0.4) is 0 Å². The molecule has 0 heterocycles. The third-order valence-electron chi connectivity index (χ3n) is 6.39. The first-order chi connectivity index (χ1) is 22.1. The number of likely N-dealkylation sites (N-methyl/N-ethyl adjacent to an activating group) is 1. The third-order valence-corrected chi connectivity index (χ3v) is 6.39. The number of allylic oxidation sites excluding steroid dienone is 15. The lowest BCUT2D eigenvalue weighted by molar-refractivity contribution is -0.887. The Bertz CT molecular complexity index is 1070. The summed E-state index contributed by atoms with van der Waals surface area (Å²) in [6.45, 7) is 4.22. The van der Waals surface area contributed by atoms with Gasteiger partial charge >= 0.3 is 17.9 Å². The summed E-state index contributed by atoms with van der Waals surface area (Å²) in [7, 11) is 5.44. The van der Waals surface area contributed by atoms with Gasteiger partial charge in [0.05, 0.1) is 40.8 Å². The van der Waals surface area contributed by atoms with Gasteiger partial charge in [-0.1, -0.05) is 111 Å². The summed E-state index contributed by atoms with van der Waals surface area (Å²) in [5, 5.41) is 9.53. The van der Waals surface area contributed by atoms with Gasteiger partial charge in [-0.05, 0) is 38.5 Å². The molecule has 0 saturated carbocycles. The number of nitrogens with zero attached hydrogens (tertiary/aromatic N) is 1. The molecular formula is C38H58NO7+. The van der Waals surface area contributed by atoms with E-state index in [2.05, 4.69) is 38.2 Å². The molecule has 0 aliphatic rings. The molecule has 8 nitrogen and oxygen atoms in total. The van der Waals surface area contributed by atoms with Crippen LogP contribution in [-0.4, -0.2) is 80.6 Å². The summed E-state index contributed by atoms with van der Waals surface area (Å²) in [6.07, 6.45) is 36.5. The van der Waals surface area contributed by atoms with Gasteiger partial charge in [0, 0.05) is 12.8 Å². The zero-order valence-electron chi connectivity index (χ0n) is 28.7. The largest absolute Gasteiger partial charge is 0.477 e. The maximum absolute atomic E-state index is 12.5. The first-order valence-electron chi connectivity index (χ1n) is 16.3. The molecule has 0 radical (unpaired) electrons. The number of unbranched alkanes of at least 4 members (excludes halogenated alkanes) is 1. The van der Waals surface area contributed by atoms with Crippen LogP contribution in [0.5, 0.6) is 0 Å². The molecule has 256 valence electrons. The zero-order chi connectivity index (χ0) is 34.3. The van der Waals surface area contributed by atoms with Crippen LogP contribution in [0.4, 0.5) is 0 Å². The Balaban J connectivity index is 4.75. The minimum Gasteiger partial charge on any atom is -0.477 e. The van der Waals surface area contributed by atoms with Crippen molar-refractivity contribution in [3.8, 4) is 0 Å². The molecule has 0 fully saturated rings. The van der Waals surface area contributed by atoms with Gasteiger partial charge in [-0.3, -0.25) is 9.59 Å². The zero-order valence-corrected chi connectivity index (χ0v) is 28.7. The fourth-order valence-electron chi connectivity index (χ4n) is 3.89. The first kappa shape index (κ1) is 42.2. The smallest absolute Gasteiger partial charge is 0.362 e. The summed E-state index contributed by atoms with van der Waals surface area (Å²) < 4.78 is 16.9. The van der Waals surface area contributed by atoms with Crippen LogP contribution in [0.1, 0.15) is 71.6 Å². The number of rotatable bonds is 26. The van der Waals surface area contributed by atoms with E-state index >= 15 is 0 Å². The lowest BCUT2D eigenvalue weighted by atomic mass is 10.1. The van der Waals surface area contributed by atoms with Crippen LogP contribution < -0.4 is 0 Å². The summed E-state index contributed by atoms with van der Waals surface area (Å²) >= 11 is 0. The van der Waals surface area contributed by atoms with Crippen molar-refractivity contribution < 1.29 is 38.2 Å². The number of hydrogen-bond acceptors (Lipinski definition) is 6. The maximum atomic E-state index is 12.5. The Morgan fingerprint density at radius 1 is 0.696 bits per heavy atom. The predicted octanol–water partition coefficient (Wildman–Crippen LogP) is 7.62.